The molecule has 0 bridgehead atoms. The maximum atomic E-state index is 12.4. The monoisotopic (exact) mass is 414 g/mol. The van der Waals surface area contributed by atoms with Gasteiger partial charge < -0.3 is 23.8 Å². The lowest BCUT2D eigenvalue weighted by molar-refractivity contribution is -0.113. The minimum atomic E-state index is -0.126. The normalized spacial score (nSPS) is 12.8. The van der Waals surface area contributed by atoms with Crippen molar-refractivity contribution in [1.82, 2.24) is 14.8 Å². The highest BCUT2D eigenvalue weighted by atomic mass is 32.2. The second kappa shape index (κ2) is 8.60. The van der Waals surface area contributed by atoms with Gasteiger partial charge in [-0.15, -0.1) is 10.2 Å². The first-order chi connectivity index (χ1) is 14.2. The molecular weight excluding hydrogens is 392 g/mol. The van der Waals surface area contributed by atoms with Gasteiger partial charge in [-0.3, -0.25) is 4.79 Å². The van der Waals surface area contributed by atoms with Crippen LogP contribution in [-0.2, 0) is 11.3 Å². The Bertz CT molecular complexity index is 1010. The van der Waals surface area contributed by atoms with Crippen LogP contribution >= 0.6 is 11.8 Å². The van der Waals surface area contributed by atoms with E-state index in [1.165, 1.54) is 11.8 Å². The number of furan rings is 1. The van der Waals surface area contributed by atoms with Crippen molar-refractivity contribution in [1.29, 1.82) is 0 Å². The molecule has 0 spiro atoms. The number of benzene rings is 1. The molecule has 0 aliphatic carbocycles. The number of anilines is 1. The molecule has 1 N–H and O–H groups in total. The van der Waals surface area contributed by atoms with E-state index < -0.39 is 0 Å². The number of carbonyl (C=O) groups is 1. The number of fused-ring (bicyclic) bond motifs is 1. The van der Waals surface area contributed by atoms with Gasteiger partial charge in [-0.2, -0.15) is 0 Å². The fourth-order valence-electron chi connectivity index (χ4n) is 3.09. The highest BCUT2D eigenvalue weighted by Crippen LogP contribution is 2.33. The van der Waals surface area contributed by atoms with Gasteiger partial charge in [0.1, 0.15) is 19.0 Å². The Labute approximate surface area is 172 Å². The van der Waals surface area contributed by atoms with E-state index in [0.29, 0.717) is 35.6 Å². The van der Waals surface area contributed by atoms with E-state index in [1.807, 2.05) is 17.6 Å². The summed E-state index contributed by atoms with van der Waals surface area (Å²) < 4.78 is 18.5. The molecule has 8 nitrogen and oxygen atoms in total. The summed E-state index contributed by atoms with van der Waals surface area (Å²) in [4.78, 5) is 12.4. The van der Waals surface area contributed by atoms with Crippen LogP contribution in [0.1, 0.15) is 19.1 Å². The van der Waals surface area contributed by atoms with E-state index in [4.69, 9.17) is 13.9 Å². The Morgan fingerprint density at radius 1 is 1.21 bits per heavy atom. The van der Waals surface area contributed by atoms with Crippen LogP contribution in [0.15, 0.2) is 40.1 Å². The number of ether oxygens (including phenoxy) is 2. The summed E-state index contributed by atoms with van der Waals surface area (Å²) in [5, 5.41) is 12.2. The van der Waals surface area contributed by atoms with Crippen LogP contribution in [-0.4, -0.2) is 39.6 Å². The standard InChI is InChI=1S/C20H22N4O4S/c1-3-7-24-19(15-6-8-26-13(15)2)22-23-20(24)29-12-18(25)21-14-4-5-16-17(11-14)28-10-9-27-16/h4-6,8,11H,3,7,9-10,12H2,1-2H3,(H,21,25). The van der Waals surface area contributed by atoms with Gasteiger partial charge in [0.25, 0.3) is 0 Å². The summed E-state index contributed by atoms with van der Waals surface area (Å²) in [6.07, 6.45) is 2.57. The van der Waals surface area contributed by atoms with Crippen LogP contribution in [0.4, 0.5) is 5.69 Å². The molecule has 9 heteroatoms. The fourth-order valence-corrected chi connectivity index (χ4v) is 3.85. The van der Waals surface area contributed by atoms with E-state index in [2.05, 4.69) is 22.4 Å². The van der Waals surface area contributed by atoms with Crippen LogP contribution in [0.5, 0.6) is 11.5 Å². The van der Waals surface area contributed by atoms with Crippen molar-refractivity contribution in [2.45, 2.75) is 32.0 Å². The second-order valence-corrected chi connectivity index (χ2v) is 7.49. The van der Waals surface area contributed by atoms with E-state index in [1.54, 1.807) is 24.5 Å². The zero-order valence-corrected chi connectivity index (χ0v) is 17.1. The van der Waals surface area contributed by atoms with Crippen molar-refractivity contribution >= 4 is 23.4 Å². The molecule has 3 heterocycles. The van der Waals surface area contributed by atoms with Crippen molar-refractivity contribution in [3.05, 3.63) is 36.3 Å². The van der Waals surface area contributed by atoms with Gasteiger partial charge in [0, 0.05) is 18.3 Å². The van der Waals surface area contributed by atoms with E-state index in [9.17, 15) is 4.79 Å². The van der Waals surface area contributed by atoms with Gasteiger partial charge in [-0.05, 0) is 31.5 Å². The zero-order chi connectivity index (χ0) is 20.2. The summed E-state index contributed by atoms with van der Waals surface area (Å²) >= 11 is 1.36. The quantitative estimate of drug-likeness (QED) is 0.589. The number of hydrogen-bond acceptors (Lipinski definition) is 7. The van der Waals surface area contributed by atoms with Crippen molar-refractivity contribution in [3.63, 3.8) is 0 Å². The lowest BCUT2D eigenvalue weighted by Gasteiger charge is -2.19. The number of amides is 1. The molecule has 29 heavy (non-hydrogen) atoms. The van der Waals surface area contributed by atoms with Crippen molar-refractivity contribution in [3.8, 4) is 22.9 Å². The molecule has 0 saturated carbocycles. The van der Waals surface area contributed by atoms with E-state index in [-0.39, 0.29) is 11.7 Å². The number of hydrogen-bond donors (Lipinski definition) is 1. The van der Waals surface area contributed by atoms with Crippen molar-refractivity contribution in [2.24, 2.45) is 0 Å². The Kier molecular flexibility index (Phi) is 5.75. The van der Waals surface area contributed by atoms with Crippen LogP contribution < -0.4 is 14.8 Å². The average molecular weight is 414 g/mol. The van der Waals surface area contributed by atoms with Gasteiger partial charge >= 0.3 is 0 Å². The highest BCUT2D eigenvalue weighted by molar-refractivity contribution is 7.99. The van der Waals surface area contributed by atoms with E-state index >= 15 is 0 Å². The maximum absolute atomic E-state index is 12.4. The molecule has 0 atom stereocenters. The Balaban J connectivity index is 1.43. The number of aromatic nitrogens is 3. The predicted octanol–water partition coefficient (Wildman–Crippen LogP) is 3.76. The zero-order valence-electron chi connectivity index (χ0n) is 16.3. The predicted molar refractivity (Wildman–Crippen MR) is 110 cm³/mol. The molecule has 152 valence electrons. The van der Waals surface area contributed by atoms with Gasteiger partial charge in [-0.1, -0.05) is 18.7 Å². The minimum absolute atomic E-state index is 0.126. The summed E-state index contributed by atoms with van der Waals surface area (Å²) in [7, 11) is 0. The number of aryl methyl sites for hydroxylation is 1. The molecule has 1 aromatic carbocycles. The number of nitrogens with zero attached hydrogens (tertiary/aromatic N) is 3. The smallest absolute Gasteiger partial charge is 0.234 e. The molecule has 0 fully saturated rings. The SMILES string of the molecule is CCCn1c(SCC(=O)Nc2ccc3c(c2)OCCO3)nnc1-c1ccoc1C. The molecule has 0 unspecified atom stereocenters. The van der Waals surface area contributed by atoms with Crippen molar-refractivity contribution in [2.75, 3.05) is 24.3 Å². The second-order valence-electron chi connectivity index (χ2n) is 6.54. The summed E-state index contributed by atoms with van der Waals surface area (Å²) in [6, 6.07) is 7.26. The topological polar surface area (TPSA) is 91.4 Å². The third-order valence-electron chi connectivity index (χ3n) is 4.42. The lowest BCUT2D eigenvalue weighted by Crippen LogP contribution is -2.17. The summed E-state index contributed by atoms with van der Waals surface area (Å²) in [6.45, 7) is 5.79. The molecular formula is C20H22N4O4S. The molecule has 4 rings (SSSR count). The number of thioether (sulfide) groups is 1. The first-order valence-electron chi connectivity index (χ1n) is 9.45. The minimum Gasteiger partial charge on any atom is -0.486 e. The highest BCUT2D eigenvalue weighted by Gasteiger charge is 2.18. The van der Waals surface area contributed by atoms with Crippen LogP contribution in [0.2, 0.25) is 0 Å². The average Bonchev–Trinajstić information content (AvgIpc) is 3.32. The molecule has 1 amide bonds. The Morgan fingerprint density at radius 3 is 2.79 bits per heavy atom. The van der Waals surface area contributed by atoms with Gasteiger partial charge in [0.2, 0.25) is 5.91 Å². The summed E-state index contributed by atoms with van der Waals surface area (Å²) in [5.41, 5.74) is 1.59. The van der Waals surface area contributed by atoms with E-state index in [0.717, 1.165) is 30.1 Å². The summed E-state index contributed by atoms with van der Waals surface area (Å²) in [5.74, 6) is 2.98. The molecule has 0 radical (unpaired) electrons. The first-order valence-corrected chi connectivity index (χ1v) is 10.4. The molecule has 2 aromatic heterocycles. The number of nitrogens with one attached hydrogen (secondary N) is 1. The third-order valence-corrected chi connectivity index (χ3v) is 5.39. The third kappa shape index (κ3) is 4.24. The Hall–Kier alpha value is -2.94. The molecule has 1 aliphatic rings. The molecule has 0 saturated heterocycles. The van der Waals surface area contributed by atoms with Gasteiger partial charge in [-0.25, -0.2) is 0 Å². The lowest BCUT2D eigenvalue weighted by atomic mass is 10.2. The van der Waals surface area contributed by atoms with Gasteiger partial charge in [0.05, 0.1) is 17.6 Å². The number of carbonyl (C=O) groups excluding carboxylic acids is 1. The fraction of sp³-hybridized carbons (Fsp3) is 0.350. The Morgan fingerprint density at radius 2 is 2.03 bits per heavy atom. The van der Waals surface area contributed by atoms with Crippen LogP contribution in [0, 0.1) is 6.92 Å². The van der Waals surface area contributed by atoms with Crippen molar-refractivity contribution < 1.29 is 18.7 Å². The largest absolute Gasteiger partial charge is 0.486 e. The van der Waals surface area contributed by atoms with Gasteiger partial charge in [0.15, 0.2) is 22.5 Å². The molecule has 3 aromatic rings. The maximum Gasteiger partial charge on any atom is 0.234 e. The molecule has 1 aliphatic heterocycles. The van der Waals surface area contributed by atoms with Crippen LogP contribution in [0.3, 0.4) is 0 Å². The first kappa shape index (κ1) is 19.4. The number of rotatable bonds is 7. The van der Waals surface area contributed by atoms with Crippen LogP contribution in [0.25, 0.3) is 11.4 Å².